The van der Waals surface area contributed by atoms with Crippen molar-refractivity contribution in [1.82, 2.24) is 4.31 Å². The maximum atomic E-state index is 12.7. The van der Waals surface area contributed by atoms with Crippen LogP contribution in [0.2, 0.25) is 0 Å². The third-order valence-electron chi connectivity index (χ3n) is 3.17. The van der Waals surface area contributed by atoms with E-state index in [1.807, 2.05) is 37.3 Å². The molecular formula is C18H19NO2S. The lowest BCUT2D eigenvalue weighted by molar-refractivity contribution is 0.523. The Labute approximate surface area is 132 Å². The molecule has 0 aliphatic carbocycles. The van der Waals surface area contributed by atoms with Crippen LogP contribution in [0.15, 0.2) is 78.3 Å². The quantitative estimate of drug-likeness (QED) is 0.760. The summed E-state index contributed by atoms with van der Waals surface area (Å²) < 4.78 is 26.7. The lowest BCUT2D eigenvalue weighted by atomic mass is 10.2. The van der Waals surface area contributed by atoms with E-state index in [0.717, 1.165) is 11.1 Å². The molecule has 2 aromatic rings. The number of sulfonamides is 1. The van der Waals surface area contributed by atoms with E-state index < -0.39 is 10.0 Å². The fourth-order valence-corrected chi connectivity index (χ4v) is 3.22. The summed E-state index contributed by atoms with van der Waals surface area (Å²) in [5.41, 5.74) is 1.96. The SMILES string of the molecule is C=CCN(/C=C/c1ccccc1)S(=O)(=O)c1ccc(C)cc1. The summed E-state index contributed by atoms with van der Waals surface area (Å²) in [6.07, 6.45) is 4.92. The van der Waals surface area contributed by atoms with E-state index in [-0.39, 0.29) is 11.4 Å². The second-order valence-electron chi connectivity index (χ2n) is 4.90. The van der Waals surface area contributed by atoms with E-state index in [4.69, 9.17) is 0 Å². The largest absolute Gasteiger partial charge is 0.270 e. The molecule has 0 amide bonds. The van der Waals surface area contributed by atoms with E-state index in [0.29, 0.717) is 0 Å². The Morgan fingerprint density at radius 1 is 1.05 bits per heavy atom. The van der Waals surface area contributed by atoms with E-state index >= 15 is 0 Å². The minimum absolute atomic E-state index is 0.222. The first-order valence-electron chi connectivity index (χ1n) is 6.97. The molecule has 4 heteroatoms. The molecule has 0 aromatic heterocycles. The summed E-state index contributed by atoms with van der Waals surface area (Å²) in [6, 6.07) is 16.4. The normalized spacial score (nSPS) is 11.5. The third-order valence-corrected chi connectivity index (χ3v) is 4.93. The van der Waals surface area contributed by atoms with Crippen molar-refractivity contribution in [1.29, 1.82) is 0 Å². The minimum Gasteiger partial charge on any atom is -0.270 e. The molecule has 0 saturated heterocycles. The van der Waals surface area contributed by atoms with Crippen LogP contribution < -0.4 is 0 Å². The molecule has 0 fully saturated rings. The minimum atomic E-state index is -3.57. The van der Waals surface area contributed by atoms with Gasteiger partial charge >= 0.3 is 0 Å². The number of rotatable bonds is 6. The Morgan fingerprint density at radius 3 is 2.27 bits per heavy atom. The van der Waals surface area contributed by atoms with Crippen molar-refractivity contribution in [3.8, 4) is 0 Å². The van der Waals surface area contributed by atoms with Crippen molar-refractivity contribution in [2.24, 2.45) is 0 Å². The number of hydrogen-bond acceptors (Lipinski definition) is 2. The highest BCUT2D eigenvalue weighted by atomic mass is 32.2. The lowest BCUT2D eigenvalue weighted by Crippen LogP contribution is -2.26. The maximum absolute atomic E-state index is 12.7. The van der Waals surface area contributed by atoms with Crippen LogP contribution in [0.4, 0.5) is 0 Å². The molecule has 0 saturated carbocycles. The monoisotopic (exact) mass is 313 g/mol. The van der Waals surface area contributed by atoms with Crippen LogP contribution in [0.1, 0.15) is 11.1 Å². The van der Waals surface area contributed by atoms with Crippen molar-refractivity contribution in [2.45, 2.75) is 11.8 Å². The van der Waals surface area contributed by atoms with Crippen molar-refractivity contribution in [2.75, 3.05) is 6.54 Å². The standard InChI is InChI=1S/C18H19NO2S/c1-3-14-19(15-13-17-7-5-4-6-8-17)22(20,21)18-11-9-16(2)10-12-18/h3-13,15H,1,14H2,2H3/b15-13+. The summed E-state index contributed by atoms with van der Waals surface area (Å²) in [6.45, 7) is 5.78. The van der Waals surface area contributed by atoms with Gasteiger partial charge in [0.05, 0.1) is 11.4 Å². The Morgan fingerprint density at radius 2 is 1.68 bits per heavy atom. The Kier molecular flexibility index (Phi) is 5.17. The Balaban J connectivity index is 2.32. The Hall–Kier alpha value is -2.33. The molecule has 22 heavy (non-hydrogen) atoms. The molecule has 0 spiro atoms. The summed E-state index contributed by atoms with van der Waals surface area (Å²) >= 11 is 0. The molecule has 0 unspecified atom stereocenters. The van der Waals surface area contributed by atoms with Crippen LogP contribution in [0, 0.1) is 6.92 Å². The lowest BCUT2D eigenvalue weighted by Gasteiger charge is -2.19. The molecule has 0 aliphatic heterocycles. The van der Waals surface area contributed by atoms with Crippen molar-refractivity contribution in [3.05, 3.63) is 84.6 Å². The summed E-state index contributed by atoms with van der Waals surface area (Å²) in [7, 11) is -3.57. The molecule has 3 nitrogen and oxygen atoms in total. The predicted octanol–water partition coefficient (Wildman–Crippen LogP) is 3.84. The van der Waals surface area contributed by atoms with Crippen molar-refractivity contribution in [3.63, 3.8) is 0 Å². The molecule has 0 atom stereocenters. The van der Waals surface area contributed by atoms with Gasteiger partial charge in [-0.15, -0.1) is 6.58 Å². The second kappa shape index (κ2) is 7.09. The molecule has 2 rings (SSSR count). The maximum Gasteiger partial charge on any atom is 0.264 e. The molecule has 114 valence electrons. The van der Waals surface area contributed by atoms with Gasteiger partial charge in [-0.1, -0.05) is 54.1 Å². The topological polar surface area (TPSA) is 37.4 Å². The van der Waals surface area contributed by atoms with Crippen LogP contribution in [0.25, 0.3) is 6.08 Å². The average molecular weight is 313 g/mol. The highest BCUT2D eigenvalue weighted by Gasteiger charge is 2.20. The van der Waals surface area contributed by atoms with Crippen LogP contribution in [-0.4, -0.2) is 19.3 Å². The molecule has 0 N–H and O–H groups in total. The third kappa shape index (κ3) is 3.86. The van der Waals surface area contributed by atoms with Gasteiger partial charge in [-0.3, -0.25) is 4.31 Å². The van der Waals surface area contributed by atoms with Gasteiger partial charge in [0.25, 0.3) is 10.0 Å². The zero-order valence-corrected chi connectivity index (χ0v) is 13.3. The van der Waals surface area contributed by atoms with Crippen molar-refractivity contribution < 1.29 is 8.42 Å². The highest BCUT2D eigenvalue weighted by Crippen LogP contribution is 2.17. The molecule has 0 aliphatic rings. The zero-order chi connectivity index (χ0) is 16.0. The van der Waals surface area contributed by atoms with E-state index in [9.17, 15) is 8.42 Å². The Bertz CT molecular complexity index is 747. The molecule has 0 heterocycles. The van der Waals surface area contributed by atoms with Crippen molar-refractivity contribution >= 4 is 16.1 Å². The molecule has 2 aromatic carbocycles. The fraction of sp³-hybridized carbons (Fsp3) is 0.111. The number of hydrogen-bond donors (Lipinski definition) is 0. The van der Waals surface area contributed by atoms with Gasteiger partial charge in [-0.05, 0) is 30.7 Å². The van der Waals surface area contributed by atoms with E-state index in [2.05, 4.69) is 6.58 Å². The number of benzene rings is 2. The highest BCUT2D eigenvalue weighted by molar-refractivity contribution is 7.89. The van der Waals surface area contributed by atoms with Crippen LogP contribution in [-0.2, 0) is 10.0 Å². The van der Waals surface area contributed by atoms with Gasteiger partial charge in [-0.25, -0.2) is 8.42 Å². The van der Waals surface area contributed by atoms with E-state index in [1.54, 1.807) is 42.6 Å². The van der Waals surface area contributed by atoms with Gasteiger partial charge in [0, 0.05) is 6.20 Å². The van der Waals surface area contributed by atoms with Crippen LogP contribution >= 0.6 is 0 Å². The van der Waals surface area contributed by atoms with Gasteiger partial charge in [0.1, 0.15) is 0 Å². The predicted molar refractivity (Wildman–Crippen MR) is 90.7 cm³/mol. The van der Waals surface area contributed by atoms with Gasteiger partial charge in [-0.2, -0.15) is 0 Å². The summed E-state index contributed by atoms with van der Waals surface area (Å²) in [5, 5.41) is 0. The van der Waals surface area contributed by atoms with Gasteiger partial charge in [0.2, 0.25) is 0 Å². The van der Waals surface area contributed by atoms with Crippen LogP contribution in [0.5, 0.6) is 0 Å². The summed E-state index contributed by atoms with van der Waals surface area (Å²) in [5.74, 6) is 0. The second-order valence-corrected chi connectivity index (χ2v) is 6.79. The zero-order valence-electron chi connectivity index (χ0n) is 12.5. The molecule has 0 bridgehead atoms. The number of aryl methyl sites for hydroxylation is 1. The smallest absolute Gasteiger partial charge is 0.264 e. The summed E-state index contributed by atoms with van der Waals surface area (Å²) in [4.78, 5) is 0.276. The number of nitrogens with zero attached hydrogens (tertiary/aromatic N) is 1. The average Bonchev–Trinajstić information content (AvgIpc) is 2.52. The first kappa shape index (κ1) is 16.0. The van der Waals surface area contributed by atoms with E-state index in [1.165, 1.54) is 4.31 Å². The van der Waals surface area contributed by atoms with Gasteiger partial charge < -0.3 is 0 Å². The molecular weight excluding hydrogens is 294 g/mol. The molecule has 0 radical (unpaired) electrons. The fourth-order valence-electron chi connectivity index (χ4n) is 1.95. The van der Waals surface area contributed by atoms with Gasteiger partial charge in [0.15, 0.2) is 0 Å². The van der Waals surface area contributed by atoms with Crippen LogP contribution in [0.3, 0.4) is 0 Å². The first-order chi connectivity index (χ1) is 10.5. The first-order valence-corrected chi connectivity index (χ1v) is 8.41.